The first-order chi connectivity index (χ1) is 3.80. The molecule has 1 heterocycles. The highest BCUT2D eigenvalue weighted by Crippen LogP contribution is 2.12. The van der Waals surface area contributed by atoms with Gasteiger partial charge in [0, 0.05) is 0 Å². The molecule has 1 heteroatoms. The van der Waals surface area contributed by atoms with Gasteiger partial charge in [-0.3, -0.25) is 0 Å². The van der Waals surface area contributed by atoms with Crippen LogP contribution in [0.2, 0.25) is 0 Å². The van der Waals surface area contributed by atoms with Gasteiger partial charge in [-0.25, -0.2) is 0 Å². The predicted octanol–water partition coefficient (Wildman–Crippen LogP) is 1.99. The minimum atomic E-state index is 1.02. The third kappa shape index (κ3) is 0.808. The molecule has 1 aliphatic heterocycles. The summed E-state index contributed by atoms with van der Waals surface area (Å²) < 4.78 is 4.85. The molecule has 0 aromatic rings. The Balaban J connectivity index is 2.78. The van der Waals surface area contributed by atoms with Gasteiger partial charge in [-0.15, -0.1) is 0 Å². The monoisotopic (exact) mass is 108 g/mol. The highest BCUT2D eigenvalue weighted by molar-refractivity contribution is 5.36. The van der Waals surface area contributed by atoms with Crippen LogP contribution in [0, 0.1) is 0 Å². The van der Waals surface area contributed by atoms with Crippen molar-refractivity contribution in [3.8, 4) is 0 Å². The summed E-state index contributed by atoms with van der Waals surface area (Å²) in [7, 11) is 0. The number of hydrogen-bond acceptors (Lipinski definition) is 1. The van der Waals surface area contributed by atoms with E-state index in [4.69, 9.17) is 4.74 Å². The van der Waals surface area contributed by atoms with E-state index in [-0.39, 0.29) is 0 Å². The molecule has 0 aliphatic carbocycles. The molecule has 0 aromatic carbocycles. The Kier molecular flexibility index (Phi) is 1.20. The maximum Gasteiger partial charge on any atom is 0.0936 e. The van der Waals surface area contributed by atoms with Gasteiger partial charge in [0.2, 0.25) is 0 Å². The highest BCUT2D eigenvalue weighted by atomic mass is 16.5. The van der Waals surface area contributed by atoms with Crippen molar-refractivity contribution in [2.75, 3.05) is 0 Å². The first-order valence-corrected chi connectivity index (χ1v) is 2.49. The predicted molar refractivity (Wildman–Crippen MR) is 33.1 cm³/mol. The van der Waals surface area contributed by atoms with Crippen molar-refractivity contribution in [1.82, 2.24) is 0 Å². The number of allylic oxidation sites excluding steroid dienone is 3. The molecule has 0 unspecified atom stereocenters. The first-order valence-electron chi connectivity index (χ1n) is 2.49. The van der Waals surface area contributed by atoms with Gasteiger partial charge in [0.25, 0.3) is 0 Å². The summed E-state index contributed by atoms with van der Waals surface area (Å²) in [5.41, 5.74) is 2.11. The highest BCUT2D eigenvalue weighted by Gasteiger charge is 1.94. The van der Waals surface area contributed by atoms with Crippen LogP contribution in [0.25, 0.3) is 0 Å². The Morgan fingerprint density at radius 3 is 2.75 bits per heavy atom. The zero-order valence-electron chi connectivity index (χ0n) is 4.85. The average molecular weight is 108 g/mol. The fourth-order valence-corrected chi connectivity index (χ4v) is 0.470. The lowest BCUT2D eigenvalue weighted by molar-refractivity contribution is 0.394. The van der Waals surface area contributed by atoms with E-state index < -0.39 is 0 Å². The normalized spacial score (nSPS) is 17.6. The summed E-state index contributed by atoms with van der Waals surface area (Å²) >= 11 is 0. The zero-order chi connectivity index (χ0) is 5.98. The van der Waals surface area contributed by atoms with Crippen molar-refractivity contribution in [3.05, 3.63) is 36.3 Å². The van der Waals surface area contributed by atoms with Crippen molar-refractivity contribution < 1.29 is 4.74 Å². The van der Waals surface area contributed by atoms with Crippen LogP contribution in [-0.2, 0) is 4.74 Å². The van der Waals surface area contributed by atoms with E-state index in [1.165, 1.54) is 0 Å². The lowest BCUT2D eigenvalue weighted by Gasteiger charge is -2.03. The SMILES string of the molecule is C=C1C=COC=C1C. The molecule has 1 rings (SSSR count). The first kappa shape index (κ1) is 5.16. The minimum absolute atomic E-state index is 1.02. The Morgan fingerprint density at radius 1 is 1.62 bits per heavy atom. The van der Waals surface area contributed by atoms with E-state index in [1.54, 1.807) is 12.5 Å². The molecule has 0 amide bonds. The van der Waals surface area contributed by atoms with Gasteiger partial charge in [-0.05, 0) is 24.1 Å². The molecule has 0 radical (unpaired) electrons. The quantitative estimate of drug-likeness (QED) is 0.461. The Hall–Kier alpha value is -0.980. The van der Waals surface area contributed by atoms with Gasteiger partial charge < -0.3 is 4.74 Å². The van der Waals surface area contributed by atoms with E-state index in [9.17, 15) is 0 Å². The fourth-order valence-electron chi connectivity index (χ4n) is 0.470. The van der Waals surface area contributed by atoms with Crippen molar-refractivity contribution in [1.29, 1.82) is 0 Å². The molecule has 0 aromatic heterocycles. The summed E-state index contributed by atoms with van der Waals surface area (Å²) in [6, 6.07) is 0. The van der Waals surface area contributed by atoms with Crippen LogP contribution in [0.3, 0.4) is 0 Å². The number of rotatable bonds is 0. The van der Waals surface area contributed by atoms with Crippen LogP contribution < -0.4 is 0 Å². The van der Waals surface area contributed by atoms with E-state index in [0.717, 1.165) is 11.1 Å². The molecule has 42 valence electrons. The minimum Gasteiger partial charge on any atom is -0.472 e. The topological polar surface area (TPSA) is 9.23 Å². The van der Waals surface area contributed by atoms with Crippen molar-refractivity contribution >= 4 is 0 Å². The molecular formula is C7H8O. The molecule has 0 saturated carbocycles. The molecular weight excluding hydrogens is 100 g/mol. The summed E-state index contributed by atoms with van der Waals surface area (Å²) in [6.45, 7) is 5.72. The Bertz CT molecular complexity index is 163. The Labute approximate surface area is 49.0 Å². The van der Waals surface area contributed by atoms with E-state index in [0.29, 0.717) is 0 Å². The number of hydrogen-bond donors (Lipinski definition) is 0. The van der Waals surface area contributed by atoms with E-state index >= 15 is 0 Å². The second-order valence-electron chi connectivity index (χ2n) is 1.76. The van der Waals surface area contributed by atoms with Crippen LogP contribution >= 0.6 is 0 Å². The standard InChI is InChI=1S/C7H8O/c1-6-3-4-8-5-7(6)2/h3-5H,1H2,2H3. The van der Waals surface area contributed by atoms with Crippen LogP contribution in [0.4, 0.5) is 0 Å². The number of ether oxygens (including phenoxy) is 1. The summed E-state index contributed by atoms with van der Waals surface area (Å²) in [5, 5.41) is 0. The molecule has 0 fully saturated rings. The lowest BCUT2D eigenvalue weighted by atomic mass is 10.1. The van der Waals surface area contributed by atoms with Crippen LogP contribution in [0.1, 0.15) is 6.92 Å². The zero-order valence-corrected chi connectivity index (χ0v) is 4.85. The van der Waals surface area contributed by atoms with Gasteiger partial charge in [0.1, 0.15) is 0 Å². The summed E-state index contributed by atoms with van der Waals surface area (Å²) in [5.74, 6) is 0. The van der Waals surface area contributed by atoms with E-state index in [1.807, 2.05) is 13.0 Å². The lowest BCUT2D eigenvalue weighted by Crippen LogP contribution is -1.85. The Morgan fingerprint density at radius 2 is 2.38 bits per heavy atom. The molecule has 1 aliphatic rings. The van der Waals surface area contributed by atoms with Crippen LogP contribution in [-0.4, -0.2) is 0 Å². The fraction of sp³-hybridized carbons (Fsp3) is 0.143. The van der Waals surface area contributed by atoms with Crippen molar-refractivity contribution in [2.45, 2.75) is 6.92 Å². The molecule has 0 saturated heterocycles. The van der Waals surface area contributed by atoms with Crippen molar-refractivity contribution in [2.24, 2.45) is 0 Å². The molecule has 0 atom stereocenters. The average Bonchev–Trinajstić information content (AvgIpc) is 1.77. The van der Waals surface area contributed by atoms with Gasteiger partial charge in [-0.1, -0.05) is 6.58 Å². The summed E-state index contributed by atoms with van der Waals surface area (Å²) in [4.78, 5) is 0. The van der Waals surface area contributed by atoms with Gasteiger partial charge in [0.15, 0.2) is 0 Å². The second-order valence-corrected chi connectivity index (χ2v) is 1.76. The second kappa shape index (κ2) is 1.86. The maximum absolute atomic E-state index is 4.85. The molecule has 0 bridgehead atoms. The van der Waals surface area contributed by atoms with Gasteiger partial charge in [-0.2, -0.15) is 0 Å². The largest absolute Gasteiger partial charge is 0.472 e. The van der Waals surface area contributed by atoms with Crippen LogP contribution in [0.15, 0.2) is 36.3 Å². The van der Waals surface area contributed by atoms with Gasteiger partial charge >= 0.3 is 0 Å². The summed E-state index contributed by atoms with van der Waals surface area (Å²) in [6.07, 6.45) is 5.15. The maximum atomic E-state index is 4.85. The third-order valence-electron chi connectivity index (χ3n) is 1.10. The molecule has 0 spiro atoms. The van der Waals surface area contributed by atoms with Crippen LogP contribution in [0.5, 0.6) is 0 Å². The van der Waals surface area contributed by atoms with Crippen molar-refractivity contribution in [3.63, 3.8) is 0 Å². The van der Waals surface area contributed by atoms with Gasteiger partial charge in [0.05, 0.1) is 12.5 Å². The smallest absolute Gasteiger partial charge is 0.0936 e. The third-order valence-corrected chi connectivity index (χ3v) is 1.10. The van der Waals surface area contributed by atoms with E-state index in [2.05, 4.69) is 6.58 Å². The molecule has 0 N–H and O–H groups in total. The molecule has 1 nitrogen and oxygen atoms in total. The molecule has 8 heavy (non-hydrogen) atoms.